The van der Waals surface area contributed by atoms with Crippen molar-refractivity contribution >= 4 is 10.0 Å². The second-order valence-electron chi connectivity index (χ2n) is 6.82. The number of H-pyrrole nitrogens is 1. The predicted molar refractivity (Wildman–Crippen MR) is 108 cm³/mol. The van der Waals surface area contributed by atoms with Crippen LogP contribution >= 0.6 is 0 Å². The Morgan fingerprint density at radius 2 is 1.74 bits per heavy atom. The van der Waals surface area contributed by atoms with Gasteiger partial charge in [0.1, 0.15) is 0 Å². The molecule has 0 amide bonds. The van der Waals surface area contributed by atoms with Gasteiger partial charge in [0.05, 0.1) is 10.6 Å². The summed E-state index contributed by atoms with van der Waals surface area (Å²) >= 11 is 0. The van der Waals surface area contributed by atoms with Gasteiger partial charge in [-0.25, -0.2) is 12.7 Å². The van der Waals surface area contributed by atoms with Gasteiger partial charge in [0.25, 0.3) is 0 Å². The summed E-state index contributed by atoms with van der Waals surface area (Å²) in [5.41, 5.74) is 5.04. The van der Waals surface area contributed by atoms with E-state index in [0.717, 1.165) is 40.9 Å². The third kappa shape index (κ3) is 4.46. The lowest BCUT2D eigenvalue weighted by atomic mass is 10.1. The zero-order chi connectivity index (χ0) is 19.4. The van der Waals surface area contributed by atoms with E-state index in [1.54, 1.807) is 19.2 Å². The van der Waals surface area contributed by atoms with Crippen molar-refractivity contribution < 1.29 is 8.42 Å². The molecular weight excluding hydrogens is 358 g/mol. The first-order valence-corrected chi connectivity index (χ1v) is 10.5. The SMILES string of the molecule is Cc1ccc(S(=O)(=O)N(C)CCCc2cc(-c3ccccc3)n[nH]2)cc1C. The van der Waals surface area contributed by atoms with Gasteiger partial charge in [0, 0.05) is 24.8 Å². The second-order valence-corrected chi connectivity index (χ2v) is 8.87. The molecule has 0 aliphatic rings. The van der Waals surface area contributed by atoms with Crippen LogP contribution in [0.15, 0.2) is 59.5 Å². The third-order valence-electron chi connectivity index (χ3n) is 4.81. The molecule has 0 atom stereocenters. The fraction of sp³-hybridized carbons (Fsp3) is 0.286. The fourth-order valence-corrected chi connectivity index (χ4v) is 4.21. The lowest BCUT2D eigenvalue weighted by molar-refractivity contribution is 0.460. The number of nitrogens with one attached hydrogen (secondary N) is 1. The minimum Gasteiger partial charge on any atom is -0.282 e. The molecule has 0 bridgehead atoms. The van der Waals surface area contributed by atoms with E-state index in [-0.39, 0.29) is 0 Å². The molecule has 0 fully saturated rings. The molecule has 1 heterocycles. The Kier molecular flexibility index (Phi) is 5.77. The third-order valence-corrected chi connectivity index (χ3v) is 6.66. The molecule has 27 heavy (non-hydrogen) atoms. The Hall–Kier alpha value is -2.44. The average Bonchev–Trinajstić information content (AvgIpc) is 3.13. The molecule has 6 heteroatoms. The Morgan fingerprint density at radius 3 is 2.44 bits per heavy atom. The zero-order valence-electron chi connectivity index (χ0n) is 15.9. The highest BCUT2D eigenvalue weighted by Crippen LogP contribution is 2.20. The van der Waals surface area contributed by atoms with E-state index in [1.807, 2.05) is 56.3 Å². The molecule has 3 aromatic rings. The van der Waals surface area contributed by atoms with Crippen LogP contribution in [0.25, 0.3) is 11.3 Å². The Bertz CT molecular complexity index is 1010. The molecule has 1 N–H and O–H groups in total. The molecule has 0 aliphatic carbocycles. The van der Waals surface area contributed by atoms with Crippen molar-refractivity contribution in [1.82, 2.24) is 14.5 Å². The van der Waals surface area contributed by atoms with Crippen molar-refractivity contribution in [1.29, 1.82) is 0 Å². The van der Waals surface area contributed by atoms with Gasteiger partial charge < -0.3 is 0 Å². The predicted octanol–water partition coefficient (Wildman–Crippen LogP) is 3.95. The summed E-state index contributed by atoms with van der Waals surface area (Å²) in [5, 5.41) is 7.39. The molecule has 0 saturated carbocycles. The van der Waals surface area contributed by atoms with Crippen LogP contribution in [0.4, 0.5) is 0 Å². The summed E-state index contributed by atoms with van der Waals surface area (Å²) in [6.07, 6.45) is 1.46. The maximum Gasteiger partial charge on any atom is 0.242 e. The molecule has 0 radical (unpaired) electrons. The Balaban J connectivity index is 1.60. The Morgan fingerprint density at radius 1 is 1.00 bits per heavy atom. The number of rotatable bonds is 7. The van der Waals surface area contributed by atoms with Gasteiger partial charge >= 0.3 is 0 Å². The lowest BCUT2D eigenvalue weighted by Crippen LogP contribution is -2.28. The summed E-state index contributed by atoms with van der Waals surface area (Å²) < 4.78 is 26.9. The van der Waals surface area contributed by atoms with Crippen LogP contribution < -0.4 is 0 Å². The number of benzene rings is 2. The zero-order valence-corrected chi connectivity index (χ0v) is 16.8. The van der Waals surface area contributed by atoms with E-state index in [4.69, 9.17) is 0 Å². The summed E-state index contributed by atoms with van der Waals surface area (Å²) in [6.45, 7) is 4.36. The maximum atomic E-state index is 12.7. The minimum atomic E-state index is -3.46. The highest BCUT2D eigenvalue weighted by Gasteiger charge is 2.20. The molecule has 5 nitrogen and oxygen atoms in total. The fourth-order valence-electron chi connectivity index (χ4n) is 2.91. The van der Waals surface area contributed by atoms with E-state index in [0.29, 0.717) is 11.4 Å². The first-order chi connectivity index (χ1) is 12.9. The molecule has 3 rings (SSSR count). The summed E-state index contributed by atoms with van der Waals surface area (Å²) in [7, 11) is -1.83. The minimum absolute atomic E-state index is 0.348. The molecule has 0 aliphatic heterocycles. The van der Waals surface area contributed by atoms with E-state index < -0.39 is 10.0 Å². The van der Waals surface area contributed by atoms with Gasteiger partial charge in [-0.3, -0.25) is 5.10 Å². The van der Waals surface area contributed by atoms with Crippen LogP contribution in [-0.2, 0) is 16.4 Å². The van der Waals surface area contributed by atoms with Crippen molar-refractivity contribution in [3.8, 4) is 11.3 Å². The number of aromatic amines is 1. The number of aryl methyl sites for hydroxylation is 3. The number of sulfonamides is 1. The van der Waals surface area contributed by atoms with Gasteiger partial charge in [0.15, 0.2) is 0 Å². The van der Waals surface area contributed by atoms with Crippen molar-refractivity contribution in [2.45, 2.75) is 31.6 Å². The Labute approximate surface area is 161 Å². The van der Waals surface area contributed by atoms with Crippen LogP contribution in [-0.4, -0.2) is 36.5 Å². The molecule has 0 spiro atoms. The van der Waals surface area contributed by atoms with E-state index in [2.05, 4.69) is 10.2 Å². The summed E-state index contributed by atoms with van der Waals surface area (Å²) in [6, 6.07) is 17.3. The van der Waals surface area contributed by atoms with Gasteiger partial charge in [0.2, 0.25) is 10.0 Å². The standard InChI is InChI=1S/C21H25N3O2S/c1-16-11-12-20(14-17(16)2)27(25,26)24(3)13-7-10-19-15-21(23-22-19)18-8-5-4-6-9-18/h4-6,8-9,11-12,14-15H,7,10,13H2,1-3H3,(H,22,23). The van der Waals surface area contributed by atoms with E-state index in [1.165, 1.54) is 4.31 Å². The van der Waals surface area contributed by atoms with Gasteiger partial charge in [-0.05, 0) is 56.0 Å². The van der Waals surface area contributed by atoms with Crippen molar-refractivity contribution in [2.75, 3.05) is 13.6 Å². The maximum absolute atomic E-state index is 12.7. The molecular formula is C21H25N3O2S. The van der Waals surface area contributed by atoms with Gasteiger partial charge in [-0.2, -0.15) is 5.10 Å². The average molecular weight is 384 g/mol. The molecule has 142 valence electrons. The topological polar surface area (TPSA) is 66.1 Å². The first-order valence-electron chi connectivity index (χ1n) is 9.01. The molecule has 2 aromatic carbocycles. The largest absolute Gasteiger partial charge is 0.282 e. The number of nitrogens with zero attached hydrogens (tertiary/aromatic N) is 2. The smallest absolute Gasteiger partial charge is 0.242 e. The van der Waals surface area contributed by atoms with Gasteiger partial charge in [-0.1, -0.05) is 36.4 Å². The summed E-state index contributed by atoms with van der Waals surface area (Å²) in [4.78, 5) is 0.348. The van der Waals surface area contributed by atoms with Gasteiger partial charge in [-0.15, -0.1) is 0 Å². The highest BCUT2D eigenvalue weighted by molar-refractivity contribution is 7.89. The number of hydrogen-bond donors (Lipinski definition) is 1. The first kappa shape index (κ1) is 19.3. The van der Waals surface area contributed by atoms with Crippen LogP contribution in [0, 0.1) is 13.8 Å². The van der Waals surface area contributed by atoms with E-state index in [9.17, 15) is 8.42 Å². The summed E-state index contributed by atoms with van der Waals surface area (Å²) in [5.74, 6) is 0. The van der Waals surface area contributed by atoms with Crippen LogP contribution in [0.1, 0.15) is 23.2 Å². The van der Waals surface area contributed by atoms with Crippen molar-refractivity contribution in [3.63, 3.8) is 0 Å². The molecule has 1 aromatic heterocycles. The number of aromatic nitrogens is 2. The monoisotopic (exact) mass is 383 g/mol. The second kappa shape index (κ2) is 8.06. The van der Waals surface area contributed by atoms with Crippen LogP contribution in [0.5, 0.6) is 0 Å². The van der Waals surface area contributed by atoms with Crippen LogP contribution in [0.2, 0.25) is 0 Å². The number of hydrogen-bond acceptors (Lipinski definition) is 3. The molecule has 0 saturated heterocycles. The van der Waals surface area contributed by atoms with E-state index >= 15 is 0 Å². The van der Waals surface area contributed by atoms with Crippen molar-refractivity contribution in [2.24, 2.45) is 0 Å². The molecule has 0 unspecified atom stereocenters. The van der Waals surface area contributed by atoms with Crippen molar-refractivity contribution in [3.05, 3.63) is 71.4 Å². The highest BCUT2D eigenvalue weighted by atomic mass is 32.2. The normalized spacial score (nSPS) is 11.9. The quantitative estimate of drug-likeness (QED) is 0.672. The van der Waals surface area contributed by atoms with Crippen LogP contribution in [0.3, 0.4) is 0 Å². The lowest BCUT2D eigenvalue weighted by Gasteiger charge is -2.17.